The molecule has 1 saturated heterocycles. The summed E-state index contributed by atoms with van der Waals surface area (Å²) in [4.78, 5) is 36.8. The van der Waals surface area contributed by atoms with Crippen molar-refractivity contribution in [3.8, 4) is 5.69 Å². The monoisotopic (exact) mass is 383 g/mol. The number of nitrogens with zero attached hydrogens (tertiary/aromatic N) is 2. The SMILES string of the molecule is Cc1cc(C=C2C(=O)NC(=S)N(C)C2=O)c(C)n1-c1ccc(C(=O)O)cc1. The lowest BCUT2D eigenvalue weighted by Gasteiger charge is -2.25. The number of rotatable bonds is 3. The molecular weight excluding hydrogens is 366 g/mol. The number of aromatic carboxylic acids is 1. The molecule has 138 valence electrons. The van der Waals surface area contributed by atoms with Gasteiger partial charge in [0.05, 0.1) is 5.56 Å². The number of carbonyl (C=O) groups excluding carboxylic acids is 2. The molecule has 0 unspecified atom stereocenters. The maximum Gasteiger partial charge on any atom is 0.335 e. The second-order valence-electron chi connectivity index (χ2n) is 6.20. The zero-order valence-electron chi connectivity index (χ0n) is 14.9. The van der Waals surface area contributed by atoms with Crippen molar-refractivity contribution in [3.05, 3.63) is 58.4 Å². The smallest absolute Gasteiger partial charge is 0.335 e. The summed E-state index contributed by atoms with van der Waals surface area (Å²) in [6.45, 7) is 3.76. The molecule has 1 aromatic heterocycles. The van der Waals surface area contributed by atoms with Crippen molar-refractivity contribution >= 4 is 41.2 Å². The minimum Gasteiger partial charge on any atom is -0.478 e. The summed E-state index contributed by atoms with van der Waals surface area (Å²) in [6, 6.07) is 8.35. The highest BCUT2D eigenvalue weighted by Crippen LogP contribution is 2.24. The molecule has 1 fully saturated rings. The Hall–Kier alpha value is -3.26. The van der Waals surface area contributed by atoms with Gasteiger partial charge in [0.15, 0.2) is 5.11 Å². The normalized spacial score (nSPS) is 16.0. The number of hydrogen-bond donors (Lipinski definition) is 2. The molecule has 7 nitrogen and oxygen atoms in total. The van der Waals surface area contributed by atoms with Crippen LogP contribution in [0.2, 0.25) is 0 Å². The fourth-order valence-electron chi connectivity index (χ4n) is 2.99. The van der Waals surface area contributed by atoms with Crippen LogP contribution in [0.1, 0.15) is 27.3 Å². The van der Waals surface area contributed by atoms with Gasteiger partial charge >= 0.3 is 5.97 Å². The third-order valence-corrected chi connectivity index (χ3v) is 4.82. The highest BCUT2D eigenvalue weighted by atomic mass is 32.1. The predicted octanol–water partition coefficient (Wildman–Crippen LogP) is 2.05. The average molecular weight is 383 g/mol. The standard InChI is InChI=1S/C19H17N3O4S/c1-10-8-13(9-15-16(23)20-19(27)21(3)17(15)24)11(2)22(10)14-6-4-12(5-7-14)18(25)26/h4-9H,1-3H3,(H,25,26)(H,20,23,27). The molecule has 0 radical (unpaired) electrons. The van der Waals surface area contributed by atoms with Crippen molar-refractivity contribution in [2.24, 2.45) is 0 Å². The van der Waals surface area contributed by atoms with E-state index in [1.807, 2.05) is 24.5 Å². The number of aryl methyl sites for hydroxylation is 1. The number of amides is 2. The quantitative estimate of drug-likeness (QED) is 0.481. The van der Waals surface area contributed by atoms with Crippen molar-refractivity contribution in [2.75, 3.05) is 7.05 Å². The van der Waals surface area contributed by atoms with Crippen LogP contribution in [0.5, 0.6) is 0 Å². The molecule has 2 amide bonds. The molecule has 1 aliphatic heterocycles. The van der Waals surface area contributed by atoms with Crippen molar-refractivity contribution in [2.45, 2.75) is 13.8 Å². The summed E-state index contributed by atoms with van der Waals surface area (Å²) >= 11 is 4.94. The van der Waals surface area contributed by atoms with Crippen molar-refractivity contribution in [1.82, 2.24) is 14.8 Å². The van der Waals surface area contributed by atoms with E-state index < -0.39 is 17.8 Å². The van der Waals surface area contributed by atoms with Gasteiger partial charge in [-0.25, -0.2) is 4.79 Å². The number of likely N-dealkylation sites (N-methyl/N-ethyl adjacent to an activating group) is 1. The molecule has 0 spiro atoms. The number of thiocarbonyl (C=S) groups is 1. The summed E-state index contributed by atoms with van der Waals surface area (Å²) in [5, 5.41) is 11.6. The zero-order valence-corrected chi connectivity index (χ0v) is 15.8. The Labute approximate surface area is 160 Å². The van der Waals surface area contributed by atoms with Crippen LogP contribution in [0.15, 0.2) is 35.9 Å². The Morgan fingerprint density at radius 1 is 1.19 bits per heavy atom. The summed E-state index contributed by atoms with van der Waals surface area (Å²) < 4.78 is 1.93. The van der Waals surface area contributed by atoms with Gasteiger partial charge in [0, 0.05) is 24.1 Å². The average Bonchev–Trinajstić information content (AvgIpc) is 2.90. The van der Waals surface area contributed by atoms with Crippen LogP contribution in [0.25, 0.3) is 11.8 Å². The van der Waals surface area contributed by atoms with E-state index in [9.17, 15) is 14.4 Å². The molecule has 27 heavy (non-hydrogen) atoms. The van der Waals surface area contributed by atoms with E-state index in [2.05, 4.69) is 5.32 Å². The number of carbonyl (C=O) groups is 3. The third kappa shape index (κ3) is 3.26. The molecule has 1 aliphatic rings. The number of aromatic nitrogens is 1. The van der Waals surface area contributed by atoms with Crippen LogP contribution in [0, 0.1) is 13.8 Å². The Morgan fingerprint density at radius 3 is 2.41 bits per heavy atom. The molecule has 0 atom stereocenters. The molecule has 2 N–H and O–H groups in total. The zero-order chi connectivity index (χ0) is 19.9. The molecule has 0 bridgehead atoms. The summed E-state index contributed by atoms with van der Waals surface area (Å²) in [5.41, 5.74) is 3.42. The van der Waals surface area contributed by atoms with Crippen LogP contribution < -0.4 is 5.32 Å². The predicted molar refractivity (Wildman–Crippen MR) is 104 cm³/mol. The van der Waals surface area contributed by atoms with Crippen molar-refractivity contribution in [3.63, 3.8) is 0 Å². The van der Waals surface area contributed by atoms with Gasteiger partial charge in [-0.05, 0) is 68.0 Å². The van der Waals surface area contributed by atoms with Crippen LogP contribution in [0.3, 0.4) is 0 Å². The fourth-order valence-corrected chi connectivity index (χ4v) is 3.16. The molecule has 2 heterocycles. The molecular formula is C19H17N3O4S. The Balaban J connectivity index is 2.03. The van der Waals surface area contributed by atoms with Crippen molar-refractivity contribution < 1.29 is 19.5 Å². The minimum atomic E-state index is -0.989. The number of benzene rings is 1. The van der Waals surface area contributed by atoms with Crippen LogP contribution in [-0.4, -0.2) is 44.5 Å². The first-order valence-electron chi connectivity index (χ1n) is 8.08. The second-order valence-corrected chi connectivity index (χ2v) is 6.58. The first-order chi connectivity index (χ1) is 12.7. The van der Waals surface area contributed by atoms with Crippen LogP contribution in [-0.2, 0) is 9.59 Å². The topological polar surface area (TPSA) is 91.6 Å². The Morgan fingerprint density at radius 2 is 1.81 bits per heavy atom. The van der Waals surface area contributed by atoms with Gasteiger partial charge in [-0.3, -0.25) is 19.8 Å². The van der Waals surface area contributed by atoms with E-state index >= 15 is 0 Å². The highest BCUT2D eigenvalue weighted by molar-refractivity contribution is 7.80. The first kappa shape index (κ1) is 18.5. The number of hydrogen-bond acceptors (Lipinski definition) is 4. The minimum absolute atomic E-state index is 0.00701. The molecule has 1 aromatic carbocycles. The lowest BCUT2D eigenvalue weighted by atomic mass is 10.1. The molecule has 8 heteroatoms. The summed E-state index contributed by atoms with van der Waals surface area (Å²) in [7, 11) is 1.51. The summed E-state index contributed by atoms with van der Waals surface area (Å²) in [5.74, 6) is -1.98. The van der Waals surface area contributed by atoms with Gasteiger partial charge in [0.2, 0.25) is 0 Å². The largest absolute Gasteiger partial charge is 0.478 e. The third-order valence-electron chi connectivity index (χ3n) is 4.45. The van der Waals surface area contributed by atoms with Gasteiger partial charge in [-0.1, -0.05) is 0 Å². The Bertz CT molecular complexity index is 1020. The van der Waals surface area contributed by atoms with Gasteiger partial charge in [0.25, 0.3) is 11.8 Å². The number of carboxylic acid groups (broad SMARTS) is 1. The Kier molecular flexibility index (Phi) is 4.67. The van der Waals surface area contributed by atoms with E-state index in [-0.39, 0.29) is 16.2 Å². The maximum absolute atomic E-state index is 12.4. The van der Waals surface area contributed by atoms with Gasteiger partial charge in [-0.15, -0.1) is 0 Å². The lowest BCUT2D eigenvalue weighted by Crippen LogP contribution is -2.52. The lowest BCUT2D eigenvalue weighted by molar-refractivity contribution is -0.128. The van der Waals surface area contributed by atoms with Crippen LogP contribution in [0.4, 0.5) is 0 Å². The molecule has 3 rings (SSSR count). The maximum atomic E-state index is 12.4. The fraction of sp³-hybridized carbons (Fsp3) is 0.158. The van der Waals surface area contributed by atoms with E-state index in [4.69, 9.17) is 17.3 Å². The van der Waals surface area contributed by atoms with Crippen molar-refractivity contribution in [1.29, 1.82) is 0 Å². The second kappa shape index (κ2) is 6.81. The van der Waals surface area contributed by atoms with Gasteiger partial charge < -0.3 is 9.67 Å². The highest BCUT2D eigenvalue weighted by Gasteiger charge is 2.31. The number of nitrogens with one attached hydrogen (secondary N) is 1. The number of carboxylic acids is 1. The molecule has 0 saturated carbocycles. The van der Waals surface area contributed by atoms with E-state index in [1.165, 1.54) is 24.1 Å². The van der Waals surface area contributed by atoms with Crippen LogP contribution >= 0.6 is 12.2 Å². The van der Waals surface area contributed by atoms with E-state index in [1.54, 1.807) is 18.2 Å². The van der Waals surface area contributed by atoms with E-state index in [0.29, 0.717) is 0 Å². The molecule has 2 aromatic rings. The summed E-state index contributed by atoms with van der Waals surface area (Å²) in [6.07, 6.45) is 1.54. The first-order valence-corrected chi connectivity index (χ1v) is 8.49. The van der Waals surface area contributed by atoms with Gasteiger partial charge in [0.1, 0.15) is 5.57 Å². The van der Waals surface area contributed by atoms with E-state index in [0.717, 1.165) is 22.6 Å². The van der Waals surface area contributed by atoms with Gasteiger partial charge in [-0.2, -0.15) is 0 Å². The molecule has 0 aliphatic carbocycles.